The summed E-state index contributed by atoms with van der Waals surface area (Å²) >= 11 is 6.15. The molecule has 2 aliphatic rings. The molecule has 5 rings (SSSR count). The van der Waals surface area contributed by atoms with Crippen LogP contribution in [0.3, 0.4) is 0 Å². The van der Waals surface area contributed by atoms with E-state index < -0.39 is 24.4 Å². The fraction of sp³-hybridized carbons (Fsp3) is 0.300. The van der Waals surface area contributed by atoms with Gasteiger partial charge in [-0.05, 0) is 79.2 Å². The van der Waals surface area contributed by atoms with Gasteiger partial charge in [0.05, 0.1) is 11.2 Å². The molecule has 3 aromatic rings. The topological polar surface area (TPSA) is 77.0 Å². The number of ether oxygens (including phenoxy) is 1. The Hall–Kier alpha value is -3.26. The van der Waals surface area contributed by atoms with Gasteiger partial charge in [0.15, 0.2) is 0 Å². The SMILES string of the molecule is CC1(C)OB(C(=Cc2cc(O)cc(Cl)c2)CNC(=O)OCC2c3ccccc3-c3ccccc32)OC1(C)C. The smallest absolute Gasteiger partial charge is 0.492 e. The van der Waals surface area contributed by atoms with Gasteiger partial charge < -0.3 is 24.5 Å². The Labute approximate surface area is 228 Å². The monoisotopic (exact) mass is 531 g/mol. The molecule has 1 saturated heterocycles. The summed E-state index contributed by atoms with van der Waals surface area (Å²) in [7, 11) is -0.699. The van der Waals surface area contributed by atoms with Gasteiger partial charge in [-0.3, -0.25) is 0 Å². The van der Waals surface area contributed by atoms with Crippen LogP contribution in [-0.4, -0.2) is 42.7 Å². The minimum Gasteiger partial charge on any atom is -0.508 e. The number of hydrogen-bond donors (Lipinski definition) is 2. The fourth-order valence-corrected chi connectivity index (χ4v) is 5.15. The first-order valence-electron chi connectivity index (χ1n) is 12.7. The van der Waals surface area contributed by atoms with Crippen molar-refractivity contribution in [1.82, 2.24) is 5.32 Å². The van der Waals surface area contributed by atoms with E-state index in [0.717, 1.165) is 11.1 Å². The number of fused-ring (bicyclic) bond motifs is 3. The molecule has 8 heteroatoms. The van der Waals surface area contributed by atoms with Crippen LogP contribution in [0, 0.1) is 0 Å². The number of alkyl carbamates (subject to hydrolysis) is 1. The number of benzene rings is 3. The van der Waals surface area contributed by atoms with Gasteiger partial charge in [0.25, 0.3) is 0 Å². The maximum Gasteiger partial charge on any atom is 0.492 e. The Balaban J connectivity index is 1.31. The average molecular weight is 532 g/mol. The highest BCUT2D eigenvalue weighted by Crippen LogP contribution is 2.44. The van der Waals surface area contributed by atoms with Crippen LogP contribution < -0.4 is 5.32 Å². The van der Waals surface area contributed by atoms with E-state index >= 15 is 0 Å². The van der Waals surface area contributed by atoms with Crippen LogP contribution in [-0.2, 0) is 14.0 Å². The predicted octanol–water partition coefficient (Wildman–Crippen LogP) is 6.60. The lowest BCUT2D eigenvalue weighted by atomic mass is 9.77. The minimum atomic E-state index is -0.699. The van der Waals surface area contributed by atoms with Gasteiger partial charge in [-0.15, -0.1) is 0 Å². The molecule has 2 N–H and O–H groups in total. The van der Waals surface area contributed by atoms with E-state index in [2.05, 4.69) is 29.6 Å². The number of nitrogens with one attached hydrogen (secondary N) is 1. The van der Waals surface area contributed by atoms with Crippen LogP contribution in [0.2, 0.25) is 5.02 Å². The number of amides is 1. The quantitative estimate of drug-likeness (QED) is 0.351. The Morgan fingerprint density at radius 1 is 1.00 bits per heavy atom. The van der Waals surface area contributed by atoms with Crippen LogP contribution >= 0.6 is 11.6 Å². The molecular weight excluding hydrogens is 501 g/mol. The molecule has 1 heterocycles. The molecule has 0 spiro atoms. The first-order valence-corrected chi connectivity index (χ1v) is 13.1. The van der Waals surface area contributed by atoms with Crippen molar-refractivity contribution in [3.8, 4) is 16.9 Å². The highest BCUT2D eigenvalue weighted by atomic mass is 35.5. The molecule has 1 amide bonds. The Bertz CT molecular complexity index is 1320. The summed E-state index contributed by atoms with van der Waals surface area (Å²) in [4.78, 5) is 12.9. The molecule has 1 fully saturated rings. The van der Waals surface area contributed by atoms with Crippen molar-refractivity contribution in [2.75, 3.05) is 13.2 Å². The van der Waals surface area contributed by atoms with Crippen LogP contribution in [0.5, 0.6) is 5.75 Å². The summed E-state index contributed by atoms with van der Waals surface area (Å²) in [6, 6.07) is 21.2. The van der Waals surface area contributed by atoms with Crippen molar-refractivity contribution in [3.63, 3.8) is 0 Å². The minimum absolute atomic E-state index is 0.0271. The number of aromatic hydroxyl groups is 1. The first kappa shape index (κ1) is 26.4. The summed E-state index contributed by atoms with van der Waals surface area (Å²) in [5, 5.41) is 13.3. The molecule has 38 heavy (non-hydrogen) atoms. The van der Waals surface area contributed by atoms with E-state index in [1.54, 1.807) is 18.2 Å². The van der Waals surface area contributed by atoms with Crippen LogP contribution in [0.15, 0.2) is 72.2 Å². The van der Waals surface area contributed by atoms with Gasteiger partial charge in [0.2, 0.25) is 0 Å². The molecule has 0 bridgehead atoms. The maximum absolute atomic E-state index is 12.9. The van der Waals surface area contributed by atoms with Gasteiger partial charge in [-0.25, -0.2) is 4.79 Å². The Morgan fingerprint density at radius 2 is 1.58 bits per heavy atom. The molecule has 196 valence electrons. The van der Waals surface area contributed by atoms with Crippen molar-refractivity contribution >= 4 is 30.9 Å². The molecule has 1 aliphatic heterocycles. The molecule has 0 atom stereocenters. The third-order valence-electron chi connectivity index (χ3n) is 7.59. The standard InChI is InChI=1S/C30H31BClNO5/c1-29(2)30(3,4)38-31(37-29)20(13-19-14-21(32)16-22(34)15-19)17-33-28(35)36-18-27-25-11-7-5-9-23(25)24-10-6-8-12-26(24)27/h5-16,27,34H,17-18H2,1-4H3,(H,33,35). The normalized spacial score (nSPS) is 17.7. The number of hydrogen-bond acceptors (Lipinski definition) is 5. The number of carbonyl (C=O) groups excluding carboxylic acids is 1. The average Bonchev–Trinajstić information content (AvgIpc) is 3.29. The van der Waals surface area contributed by atoms with Crippen LogP contribution in [0.4, 0.5) is 4.79 Å². The lowest BCUT2D eigenvalue weighted by Crippen LogP contribution is -2.41. The lowest BCUT2D eigenvalue weighted by Gasteiger charge is -2.32. The van der Waals surface area contributed by atoms with Crippen molar-refractivity contribution in [3.05, 3.63) is 93.9 Å². The number of phenols is 1. The molecule has 1 aliphatic carbocycles. The van der Waals surface area contributed by atoms with Crippen molar-refractivity contribution in [2.45, 2.75) is 44.8 Å². The Morgan fingerprint density at radius 3 is 2.16 bits per heavy atom. The number of halogens is 1. The second kappa shape index (κ2) is 10.1. The van der Waals surface area contributed by atoms with Crippen molar-refractivity contribution in [1.29, 1.82) is 0 Å². The molecule has 0 radical (unpaired) electrons. The molecule has 6 nitrogen and oxygen atoms in total. The van der Waals surface area contributed by atoms with Gasteiger partial charge in [-0.1, -0.05) is 66.2 Å². The van der Waals surface area contributed by atoms with Gasteiger partial charge >= 0.3 is 13.2 Å². The van der Waals surface area contributed by atoms with Crippen LogP contribution in [0.1, 0.15) is 50.3 Å². The van der Waals surface area contributed by atoms with Gasteiger partial charge in [-0.2, -0.15) is 0 Å². The van der Waals surface area contributed by atoms with Gasteiger partial charge in [0, 0.05) is 17.5 Å². The second-order valence-corrected chi connectivity index (χ2v) is 11.2. The summed E-state index contributed by atoms with van der Waals surface area (Å²) in [5.74, 6) is 0.0159. The van der Waals surface area contributed by atoms with E-state index in [0.29, 0.717) is 16.1 Å². The maximum atomic E-state index is 12.9. The highest BCUT2D eigenvalue weighted by Gasteiger charge is 2.52. The molecule has 0 aromatic heterocycles. The van der Waals surface area contributed by atoms with E-state index in [1.165, 1.54) is 17.2 Å². The first-order chi connectivity index (χ1) is 18.0. The van der Waals surface area contributed by atoms with E-state index in [9.17, 15) is 9.90 Å². The molecular formula is C30H31BClNO5. The van der Waals surface area contributed by atoms with Crippen molar-refractivity contribution in [2.24, 2.45) is 0 Å². The summed E-state index contributed by atoms with van der Waals surface area (Å²) in [6.45, 7) is 8.21. The zero-order chi connectivity index (χ0) is 27.1. The third kappa shape index (κ3) is 5.19. The summed E-state index contributed by atoms with van der Waals surface area (Å²) in [5.41, 5.74) is 4.86. The van der Waals surface area contributed by atoms with Crippen molar-refractivity contribution < 1.29 is 23.9 Å². The van der Waals surface area contributed by atoms with Crippen LogP contribution in [0.25, 0.3) is 17.2 Å². The molecule has 0 saturated carbocycles. The summed E-state index contributed by atoms with van der Waals surface area (Å²) < 4.78 is 18.2. The summed E-state index contributed by atoms with van der Waals surface area (Å²) in [6.07, 6.45) is 1.26. The zero-order valence-corrected chi connectivity index (χ0v) is 22.7. The van der Waals surface area contributed by atoms with Gasteiger partial charge in [0.1, 0.15) is 12.4 Å². The lowest BCUT2D eigenvalue weighted by molar-refractivity contribution is 0.00578. The number of rotatable bonds is 6. The molecule has 0 unspecified atom stereocenters. The second-order valence-electron chi connectivity index (χ2n) is 10.7. The number of phenolic OH excluding ortho intramolecular Hbond substituents is 1. The van der Waals surface area contributed by atoms with E-state index in [4.69, 9.17) is 25.6 Å². The van der Waals surface area contributed by atoms with E-state index in [1.807, 2.05) is 52.0 Å². The largest absolute Gasteiger partial charge is 0.508 e. The predicted molar refractivity (Wildman–Crippen MR) is 150 cm³/mol. The zero-order valence-electron chi connectivity index (χ0n) is 22.0. The fourth-order valence-electron chi connectivity index (χ4n) is 4.91. The van der Waals surface area contributed by atoms with E-state index in [-0.39, 0.29) is 24.8 Å². The molecule has 3 aromatic carbocycles. The Kier molecular flexibility index (Phi) is 7.03. The highest BCUT2D eigenvalue weighted by molar-refractivity contribution is 6.56. The number of carbonyl (C=O) groups is 1. The third-order valence-corrected chi connectivity index (χ3v) is 7.81.